The van der Waals surface area contributed by atoms with E-state index in [1.54, 1.807) is 12.3 Å². The second-order valence-corrected chi connectivity index (χ2v) is 5.81. The molecule has 16 heavy (non-hydrogen) atoms. The van der Waals surface area contributed by atoms with Crippen molar-refractivity contribution < 1.29 is 8.42 Å². The SMILES string of the molecule is CCCc1ccc(S(=O)(=O)NC2CC2)nc1. The summed E-state index contributed by atoms with van der Waals surface area (Å²) in [5.74, 6) is 0. The van der Waals surface area contributed by atoms with Crippen molar-refractivity contribution in [2.45, 2.75) is 43.7 Å². The topological polar surface area (TPSA) is 59.1 Å². The predicted octanol–water partition coefficient (Wildman–Crippen LogP) is 1.47. The Labute approximate surface area is 96.1 Å². The first-order valence-electron chi connectivity index (χ1n) is 5.59. The molecular formula is C11H16N2O2S. The van der Waals surface area contributed by atoms with Crippen molar-refractivity contribution in [1.82, 2.24) is 9.71 Å². The van der Waals surface area contributed by atoms with E-state index in [4.69, 9.17) is 0 Å². The molecule has 0 bridgehead atoms. The van der Waals surface area contributed by atoms with E-state index in [9.17, 15) is 8.42 Å². The van der Waals surface area contributed by atoms with Gasteiger partial charge in [0.15, 0.2) is 5.03 Å². The number of pyridine rings is 1. The molecule has 4 nitrogen and oxygen atoms in total. The fourth-order valence-electron chi connectivity index (χ4n) is 1.49. The molecule has 1 aromatic rings. The Morgan fingerprint density at radius 3 is 2.69 bits per heavy atom. The van der Waals surface area contributed by atoms with E-state index in [1.807, 2.05) is 6.07 Å². The number of rotatable bonds is 5. The summed E-state index contributed by atoms with van der Waals surface area (Å²) in [7, 11) is -3.39. The average Bonchev–Trinajstić information content (AvgIpc) is 3.02. The second kappa shape index (κ2) is 4.51. The Morgan fingerprint density at radius 1 is 1.44 bits per heavy atom. The molecular weight excluding hydrogens is 224 g/mol. The smallest absolute Gasteiger partial charge is 0.243 e. The summed E-state index contributed by atoms with van der Waals surface area (Å²) in [5.41, 5.74) is 1.08. The van der Waals surface area contributed by atoms with Gasteiger partial charge in [0.25, 0.3) is 10.0 Å². The molecule has 0 unspecified atom stereocenters. The highest BCUT2D eigenvalue weighted by atomic mass is 32.2. The summed E-state index contributed by atoms with van der Waals surface area (Å²) in [6.45, 7) is 2.08. The van der Waals surface area contributed by atoms with Crippen LogP contribution in [0.3, 0.4) is 0 Å². The monoisotopic (exact) mass is 240 g/mol. The normalized spacial score (nSPS) is 16.3. The third-order valence-corrected chi connectivity index (χ3v) is 3.95. The molecule has 2 rings (SSSR count). The fraction of sp³-hybridized carbons (Fsp3) is 0.545. The van der Waals surface area contributed by atoms with Crippen LogP contribution in [0.4, 0.5) is 0 Å². The molecule has 0 aromatic carbocycles. The van der Waals surface area contributed by atoms with Gasteiger partial charge in [0.1, 0.15) is 0 Å². The van der Waals surface area contributed by atoms with Gasteiger partial charge in [-0.15, -0.1) is 0 Å². The maximum Gasteiger partial charge on any atom is 0.258 e. The number of nitrogens with one attached hydrogen (secondary N) is 1. The zero-order chi connectivity index (χ0) is 11.6. The van der Waals surface area contributed by atoms with Gasteiger partial charge in [-0.2, -0.15) is 0 Å². The van der Waals surface area contributed by atoms with Crippen molar-refractivity contribution in [3.8, 4) is 0 Å². The number of hydrogen-bond donors (Lipinski definition) is 1. The van der Waals surface area contributed by atoms with Crippen molar-refractivity contribution in [2.75, 3.05) is 0 Å². The van der Waals surface area contributed by atoms with Crippen LogP contribution in [0.2, 0.25) is 0 Å². The van der Waals surface area contributed by atoms with Gasteiger partial charge in [0.2, 0.25) is 0 Å². The van der Waals surface area contributed by atoms with Crippen molar-refractivity contribution >= 4 is 10.0 Å². The van der Waals surface area contributed by atoms with Crippen molar-refractivity contribution in [1.29, 1.82) is 0 Å². The highest BCUT2D eigenvalue weighted by Crippen LogP contribution is 2.21. The Kier molecular flexibility index (Phi) is 3.25. The Morgan fingerprint density at radius 2 is 2.19 bits per heavy atom. The van der Waals surface area contributed by atoms with Gasteiger partial charge in [-0.25, -0.2) is 18.1 Å². The summed E-state index contributed by atoms with van der Waals surface area (Å²) in [6.07, 6.45) is 5.49. The minimum Gasteiger partial charge on any atom is -0.243 e. The number of aryl methyl sites for hydroxylation is 1. The maximum absolute atomic E-state index is 11.8. The van der Waals surface area contributed by atoms with E-state index in [-0.39, 0.29) is 11.1 Å². The number of hydrogen-bond acceptors (Lipinski definition) is 3. The molecule has 1 aromatic heterocycles. The first kappa shape index (κ1) is 11.5. The molecule has 1 saturated carbocycles. The van der Waals surface area contributed by atoms with Crippen LogP contribution < -0.4 is 4.72 Å². The summed E-state index contributed by atoms with van der Waals surface area (Å²) >= 11 is 0. The van der Waals surface area contributed by atoms with Gasteiger partial charge < -0.3 is 0 Å². The van der Waals surface area contributed by atoms with E-state index in [0.717, 1.165) is 31.2 Å². The van der Waals surface area contributed by atoms with Crippen molar-refractivity contribution in [3.05, 3.63) is 23.9 Å². The summed E-state index contributed by atoms with van der Waals surface area (Å²) in [4.78, 5) is 4.00. The lowest BCUT2D eigenvalue weighted by Crippen LogP contribution is -2.26. The molecule has 1 fully saturated rings. The molecule has 1 aliphatic carbocycles. The van der Waals surface area contributed by atoms with Gasteiger partial charge in [-0.1, -0.05) is 19.4 Å². The molecule has 0 radical (unpaired) electrons. The lowest BCUT2D eigenvalue weighted by Gasteiger charge is -2.05. The quantitative estimate of drug-likeness (QED) is 0.848. The fourth-order valence-corrected chi connectivity index (χ4v) is 2.72. The van der Waals surface area contributed by atoms with Crippen LogP contribution in [0, 0.1) is 0 Å². The molecule has 1 N–H and O–H groups in total. The molecule has 0 atom stereocenters. The average molecular weight is 240 g/mol. The van der Waals surface area contributed by atoms with Crippen LogP contribution in [0.25, 0.3) is 0 Å². The second-order valence-electron chi connectivity index (χ2n) is 4.15. The standard InChI is InChI=1S/C11H16N2O2S/c1-2-3-9-4-7-11(12-8-9)16(14,15)13-10-5-6-10/h4,7-8,10,13H,2-3,5-6H2,1H3. The third kappa shape index (κ3) is 2.80. The summed E-state index contributed by atoms with van der Waals surface area (Å²) in [5, 5.41) is 0.124. The van der Waals surface area contributed by atoms with E-state index < -0.39 is 10.0 Å². The van der Waals surface area contributed by atoms with Crippen molar-refractivity contribution in [3.63, 3.8) is 0 Å². The number of sulfonamides is 1. The van der Waals surface area contributed by atoms with Gasteiger partial charge in [0.05, 0.1) is 0 Å². The Bertz CT molecular complexity index is 449. The molecule has 1 aliphatic rings. The largest absolute Gasteiger partial charge is 0.258 e. The molecule has 1 heterocycles. The molecule has 88 valence electrons. The van der Waals surface area contributed by atoms with Crippen LogP contribution in [-0.4, -0.2) is 19.4 Å². The molecule has 0 amide bonds. The zero-order valence-corrected chi connectivity index (χ0v) is 10.1. The number of nitrogens with zero attached hydrogens (tertiary/aromatic N) is 1. The lowest BCUT2D eigenvalue weighted by atomic mass is 10.2. The first-order chi connectivity index (χ1) is 7.62. The summed E-state index contributed by atoms with van der Waals surface area (Å²) < 4.78 is 26.2. The molecule has 0 saturated heterocycles. The summed E-state index contributed by atoms with van der Waals surface area (Å²) in [6, 6.07) is 3.54. The zero-order valence-electron chi connectivity index (χ0n) is 9.31. The van der Waals surface area contributed by atoms with Crippen LogP contribution in [-0.2, 0) is 16.4 Å². The third-order valence-electron chi connectivity index (χ3n) is 2.51. The Balaban J connectivity index is 2.13. The van der Waals surface area contributed by atoms with Gasteiger partial charge >= 0.3 is 0 Å². The minimum atomic E-state index is -3.39. The molecule has 0 spiro atoms. The van der Waals surface area contributed by atoms with Gasteiger partial charge in [-0.3, -0.25) is 0 Å². The minimum absolute atomic E-state index is 0.124. The molecule has 0 aliphatic heterocycles. The maximum atomic E-state index is 11.8. The van der Waals surface area contributed by atoms with Gasteiger partial charge in [-0.05, 0) is 30.9 Å². The van der Waals surface area contributed by atoms with E-state index in [1.165, 1.54) is 0 Å². The highest BCUT2D eigenvalue weighted by molar-refractivity contribution is 7.89. The van der Waals surface area contributed by atoms with Crippen LogP contribution in [0.15, 0.2) is 23.4 Å². The van der Waals surface area contributed by atoms with Crippen LogP contribution in [0.5, 0.6) is 0 Å². The first-order valence-corrected chi connectivity index (χ1v) is 7.07. The lowest BCUT2D eigenvalue weighted by molar-refractivity contribution is 0.577. The van der Waals surface area contributed by atoms with Crippen molar-refractivity contribution in [2.24, 2.45) is 0 Å². The van der Waals surface area contributed by atoms with E-state index in [2.05, 4.69) is 16.6 Å². The van der Waals surface area contributed by atoms with Crippen LogP contribution >= 0.6 is 0 Å². The molecule has 5 heteroatoms. The predicted molar refractivity (Wildman–Crippen MR) is 61.6 cm³/mol. The number of aromatic nitrogens is 1. The van der Waals surface area contributed by atoms with Gasteiger partial charge in [0, 0.05) is 12.2 Å². The van der Waals surface area contributed by atoms with Crippen LogP contribution in [0.1, 0.15) is 31.7 Å². The van der Waals surface area contributed by atoms with E-state index in [0.29, 0.717) is 0 Å². The Hall–Kier alpha value is -0.940. The highest BCUT2D eigenvalue weighted by Gasteiger charge is 2.28. The van der Waals surface area contributed by atoms with E-state index >= 15 is 0 Å².